The number of hydrogen-bond acceptors (Lipinski definition) is 5. The molecule has 0 N–H and O–H groups in total. The number of ketones is 1. The van der Waals surface area contributed by atoms with Crippen molar-refractivity contribution in [2.45, 2.75) is 57.5 Å². The smallest absolute Gasteiger partial charge is 0.229 e. The summed E-state index contributed by atoms with van der Waals surface area (Å²) in [5.41, 5.74) is 0. The Balaban J connectivity index is 1.61. The van der Waals surface area contributed by atoms with Crippen molar-refractivity contribution in [1.82, 2.24) is 15.0 Å². The molecule has 2 aliphatic rings. The fourth-order valence-corrected chi connectivity index (χ4v) is 2.68. The third-order valence-electron chi connectivity index (χ3n) is 3.78. The number of likely N-dealkylation sites (tertiary alicyclic amines) is 1. The highest BCUT2D eigenvalue weighted by atomic mass is 16.5. The third kappa shape index (κ3) is 2.61. The predicted octanol–water partition coefficient (Wildman–Crippen LogP) is 1.89. The van der Waals surface area contributed by atoms with Crippen LogP contribution in [0.3, 0.4) is 0 Å². The van der Waals surface area contributed by atoms with E-state index in [1.165, 1.54) is 12.8 Å². The average Bonchev–Trinajstić information content (AvgIpc) is 2.93. The topological polar surface area (TPSA) is 59.2 Å². The summed E-state index contributed by atoms with van der Waals surface area (Å²) < 4.78 is 5.26. The van der Waals surface area contributed by atoms with E-state index in [-0.39, 0.29) is 5.78 Å². The molecule has 1 aliphatic heterocycles. The lowest BCUT2D eigenvalue weighted by atomic mass is 10.1. The van der Waals surface area contributed by atoms with Crippen molar-refractivity contribution in [2.75, 3.05) is 6.54 Å². The third-order valence-corrected chi connectivity index (χ3v) is 3.78. The van der Waals surface area contributed by atoms with Gasteiger partial charge < -0.3 is 4.52 Å². The average molecular weight is 249 g/mol. The molecule has 1 aromatic heterocycles. The minimum absolute atomic E-state index is 0.263. The Labute approximate surface area is 107 Å². The van der Waals surface area contributed by atoms with Gasteiger partial charge in [-0.1, -0.05) is 5.16 Å². The number of carbonyl (C=O) groups is 1. The van der Waals surface area contributed by atoms with E-state index in [2.05, 4.69) is 15.0 Å². The highest BCUT2D eigenvalue weighted by Gasteiger charge is 2.31. The van der Waals surface area contributed by atoms with Gasteiger partial charge >= 0.3 is 0 Å². The Kier molecular flexibility index (Phi) is 3.16. The number of hydrogen-bond donors (Lipinski definition) is 0. The van der Waals surface area contributed by atoms with Crippen LogP contribution in [0.2, 0.25) is 0 Å². The molecule has 1 saturated heterocycles. The van der Waals surface area contributed by atoms with Crippen molar-refractivity contribution in [3.63, 3.8) is 0 Å². The second-order valence-electron chi connectivity index (χ2n) is 5.50. The van der Waals surface area contributed by atoms with E-state index in [0.29, 0.717) is 24.9 Å². The standard InChI is InChI=1S/C13H19N3O2/c1-9(17)7-11-3-2-6-16(11)8-12-14-13(18-15-12)10-4-5-10/h10-11H,2-8H2,1H3. The molecule has 0 aromatic carbocycles. The molecule has 1 saturated carbocycles. The summed E-state index contributed by atoms with van der Waals surface area (Å²) in [6, 6.07) is 0.366. The molecule has 1 aliphatic carbocycles. The molecule has 0 spiro atoms. The molecule has 5 nitrogen and oxygen atoms in total. The van der Waals surface area contributed by atoms with Crippen LogP contribution in [0.5, 0.6) is 0 Å². The number of rotatable bonds is 5. The van der Waals surface area contributed by atoms with Gasteiger partial charge in [0.2, 0.25) is 5.89 Å². The first-order valence-electron chi connectivity index (χ1n) is 6.78. The maximum Gasteiger partial charge on any atom is 0.229 e. The van der Waals surface area contributed by atoms with Crippen molar-refractivity contribution in [3.05, 3.63) is 11.7 Å². The molecule has 2 fully saturated rings. The summed E-state index contributed by atoms with van der Waals surface area (Å²) in [6.07, 6.45) is 5.27. The molecule has 1 atom stereocenters. The summed E-state index contributed by atoms with van der Waals surface area (Å²) >= 11 is 0. The fraction of sp³-hybridized carbons (Fsp3) is 0.769. The summed E-state index contributed by atoms with van der Waals surface area (Å²) in [7, 11) is 0. The van der Waals surface area contributed by atoms with E-state index < -0.39 is 0 Å². The lowest BCUT2D eigenvalue weighted by Gasteiger charge is -2.21. The number of aromatic nitrogens is 2. The van der Waals surface area contributed by atoms with Gasteiger partial charge in [0, 0.05) is 18.4 Å². The zero-order chi connectivity index (χ0) is 12.5. The lowest BCUT2D eigenvalue weighted by Crippen LogP contribution is -2.30. The van der Waals surface area contributed by atoms with Crippen molar-refractivity contribution < 1.29 is 9.32 Å². The molecule has 0 bridgehead atoms. The quantitative estimate of drug-likeness (QED) is 0.797. The zero-order valence-corrected chi connectivity index (χ0v) is 10.8. The monoisotopic (exact) mass is 249 g/mol. The molecule has 2 heterocycles. The molecule has 1 aromatic rings. The maximum atomic E-state index is 11.2. The Morgan fingerprint density at radius 3 is 3.00 bits per heavy atom. The van der Waals surface area contributed by atoms with Gasteiger partial charge in [-0.25, -0.2) is 0 Å². The first kappa shape index (κ1) is 11.8. The number of nitrogens with zero attached hydrogens (tertiary/aromatic N) is 3. The van der Waals surface area contributed by atoms with Crippen LogP contribution < -0.4 is 0 Å². The summed E-state index contributed by atoms with van der Waals surface area (Å²) in [4.78, 5) is 18.0. The number of Topliss-reactive ketones (excluding diaryl/α,β-unsaturated/α-hetero) is 1. The van der Waals surface area contributed by atoms with Crippen molar-refractivity contribution >= 4 is 5.78 Å². The van der Waals surface area contributed by atoms with Gasteiger partial charge in [-0.15, -0.1) is 0 Å². The maximum absolute atomic E-state index is 11.2. The molecular formula is C13H19N3O2. The van der Waals surface area contributed by atoms with Gasteiger partial charge in [-0.05, 0) is 39.2 Å². The van der Waals surface area contributed by atoms with E-state index >= 15 is 0 Å². The Morgan fingerprint density at radius 1 is 1.44 bits per heavy atom. The van der Waals surface area contributed by atoms with Crippen LogP contribution in [0, 0.1) is 0 Å². The Bertz CT molecular complexity index is 439. The van der Waals surface area contributed by atoms with Crippen LogP contribution >= 0.6 is 0 Å². The van der Waals surface area contributed by atoms with Crippen LogP contribution in [0.25, 0.3) is 0 Å². The Hall–Kier alpha value is -1.23. The molecular weight excluding hydrogens is 230 g/mol. The molecule has 5 heteroatoms. The van der Waals surface area contributed by atoms with E-state index in [0.717, 1.165) is 31.1 Å². The van der Waals surface area contributed by atoms with Crippen molar-refractivity contribution in [3.8, 4) is 0 Å². The van der Waals surface area contributed by atoms with Crippen LogP contribution in [-0.2, 0) is 11.3 Å². The largest absolute Gasteiger partial charge is 0.339 e. The van der Waals surface area contributed by atoms with E-state index in [4.69, 9.17) is 4.52 Å². The molecule has 3 rings (SSSR count). The summed E-state index contributed by atoms with van der Waals surface area (Å²) in [6.45, 7) is 3.41. The second kappa shape index (κ2) is 4.80. The van der Waals surface area contributed by atoms with Crippen molar-refractivity contribution in [1.29, 1.82) is 0 Å². The van der Waals surface area contributed by atoms with E-state index in [1.807, 2.05) is 0 Å². The molecule has 98 valence electrons. The van der Waals surface area contributed by atoms with Crippen LogP contribution in [0.4, 0.5) is 0 Å². The minimum atomic E-state index is 0.263. The van der Waals surface area contributed by atoms with Crippen LogP contribution in [0.15, 0.2) is 4.52 Å². The highest BCUT2D eigenvalue weighted by molar-refractivity contribution is 5.76. The first-order chi connectivity index (χ1) is 8.72. The van der Waals surface area contributed by atoms with Gasteiger partial charge in [-0.3, -0.25) is 9.69 Å². The van der Waals surface area contributed by atoms with E-state index in [9.17, 15) is 4.79 Å². The SMILES string of the molecule is CC(=O)CC1CCCN1Cc1noc(C2CC2)n1. The van der Waals surface area contributed by atoms with Crippen molar-refractivity contribution in [2.24, 2.45) is 0 Å². The molecule has 0 amide bonds. The van der Waals surface area contributed by atoms with Gasteiger partial charge in [0.1, 0.15) is 5.78 Å². The zero-order valence-electron chi connectivity index (χ0n) is 10.8. The molecule has 0 radical (unpaired) electrons. The fourth-order valence-electron chi connectivity index (χ4n) is 2.68. The predicted molar refractivity (Wildman–Crippen MR) is 65.0 cm³/mol. The van der Waals surface area contributed by atoms with Gasteiger partial charge in [0.15, 0.2) is 5.82 Å². The minimum Gasteiger partial charge on any atom is -0.339 e. The highest BCUT2D eigenvalue weighted by Crippen LogP contribution is 2.38. The van der Waals surface area contributed by atoms with Gasteiger partial charge in [0.25, 0.3) is 0 Å². The Morgan fingerprint density at radius 2 is 2.28 bits per heavy atom. The second-order valence-corrected chi connectivity index (χ2v) is 5.50. The summed E-state index contributed by atoms with van der Waals surface area (Å²) in [5.74, 6) is 2.34. The molecule has 1 unspecified atom stereocenters. The van der Waals surface area contributed by atoms with Crippen LogP contribution in [0.1, 0.15) is 56.7 Å². The number of carbonyl (C=O) groups excluding carboxylic acids is 1. The lowest BCUT2D eigenvalue weighted by molar-refractivity contribution is -0.118. The normalized spacial score (nSPS) is 24.6. The van der Waals surface area contributed by atoms with Gasteiger partial charge in [-0.2, -0.15) is 4.98 Å². The summed E-state index contributed by atoms with van der Waals surface area (Å²) in [5, 5.41) is 4.04. The van der Waals surface area contributed by atoms with E-state index in [1.54, 1.807) is 6.92 Å². The van der Waals surface area contributed by atoms with Crippen LogP contribution in [-0.4, -0.2) is 33.4 Å². The molecule has 18 heavy (non-hydrogen) atoms. The first-order valence-corrected chi connectivity index (χ1v) is 6.78. The van der Waals surface area contributed by atoms with Gasteiger partial charge in [0.05, 0.1) is 6.54 Å².